The lowest BCUT2D eigenvalue weighted by Gasteiger charge is -2.13. The van der Waals surface area contributed by atoms with E-state index in [0.717, 1.165) is 5.56 Å². The number of thioether (sulfide) groups is 1. The summed E-state index contributed by atoms with van der Waals surface area (Å²) in [5.41, 5.74) is 1.10. The molecule has 1 amide bonds. The molecule has 0 aromatic heterocycles. The largest absolute Gasteiger partial charge is 0.483 e. The number of rotatable bonds is 6. The number of nitrogens with one attached hydrogen (secondary N) is 1. The van der Waals surface area contributed by atoms with E-state index in [-0.39, 0.29) is 6.61 Å². The fourth-order valence-electron chi connectivity index (χ4n) is 1.96. The molecule has 0 fully saturated rings. The summed E-state index contributed by atoms with van der Waals surface area (Å²) in [5, 5.41) is 3.13. The maximum Gasteiger partial charge on any atom is 0.398 e. The quantitative estimate of drug-likeness (QED) is 0.679. The van der Waals surface area contributed by atoms with E-state index < -0.39 is 17.8 Å². The van der Waals surface area contributed by atoms with Crippen LogP contribution in [0.3, 0.4) is 0 Å². The Kier molecular flexibility index (Phi) is 6.61. The predicted octanol–water partition coefficient (Wildman–Crippen LogP) is 5.32. The lowest BCUT2D eigenvalue weighted by atomic mass is 10.2. The average Bonchev–Trinajstić information content (AvgIpc) is 2.52. The summed E-state index contributed by atoms with van der Waals surface area (Å²) in [6, 6.07) is 11.3. The molecule has 0 saturated heterocycles. The maximum absolute atomic E-state index is 12.4. The highest BCUT2D eigenvalue weighted by molar-refractivity contribution is 7.99. The van der Waals surface area contributed by atoms with Gasteiger partial charge < -0.3 is 10.1 Å². The van der Waals surface area contributed by atoms with Crippen LogP contribution in [0.1, 0.15) is 5.56 Å². The molecule has 0 aliphatic carbocycles. The molecule has 2 rings (SSSR count). The Morgan fingerprint density at radius 1 is 1.24 bits per heavy atom. The predicted molar refractivity (Wildman–Crippen MR) is 93.5 cm³/mol. The molecule has 2 aromatic rings. The Bertz CT molecular complexity index is 753. The van der Waals surface area contributed by atoms with Crippen LogP contribution in [0.25, 0.3) is 0 Å². The minimum Gasteiger partial charge on any atom is -0.483 e. The van der Waals surface area contributed by atoms with Gasteiger partial charge in [-0.2, -0.15) is 13.2 Å². The molecule has 0 radical (unpaired) electrons. The number of hydrogen-bond donors (Lipinski definition) is 1. The third kappa shape index (κ3) is 6.51. The van der Waals surface area contributed by atoms with Gasteiger partial charge in [0.25, 0.3) is 5.91 Å². The highest BCUT2D eigenvalue weighted by Crippen LogP contribution is 2.32. The molecule has 0 atom stereocenters. The van der Waals surface area contributed by atoms with Gasteiger partial charge in [0.05, 0.1) is 11.4 Å². The number of anilines is 1. The highest BCUT2D eigenvalue weighted by atomic mass is 35.5. The number of aryl methyl sites for hydroxylation is 1. The zero-order valence-corrected chi connectivity index (χ0v) is 14.8. The summed E-state index contributed by atoms with van der Waals surface area (Å²) in [5.74, 6) is -0.978. The SMILES string of the molecule is Cc1cc(Cl)ccc1OCC(=O)Nc1ccccc1SCC(F)(F)F. The van der Waals surface area contributed by atoms with Gasteiger partial charge in [0, 0.05) is 9.92 Å². The molecule has 134 valence electrons. The summed E-state index contributed by atoms with van der Waals surface area (Å²) in [4.78, 5) is 12.4. The van der Waals surface area contributed by atoms with Gasteiger partial charge in [-0.3, -0.25) is 4.79 Å². The smallest absolute Gasteiger partial charge is 0.398 e. The van der Waals surface area contributed by atoms with Gasteiger partial charge in [0.15, 0.2) is 6.61 Å². The van der Waals surface area contributed by atoms with Crippen LogP contribution in [0, 0.1) is 6.92 Å². The minimum atomic E-state index is -4.28. The Morgan fingerprint density at radius 3 is 2.64 bits per heavy atom. The Labute approximate surface area is 152 Å². The second-order valence-corrected chi connectivity index (χ2v) is 6.60. The first-order valence-electron chi connectivity index (χ1n) is 7.22. The average molecular weight is 390 g/mol. The minimum absolute atomic E-state index is 0.263. The summed E-state index contributed by atoms with van der Waals surface area (Å²) in [6.07, 6.45) is -4.28. The number of amides is 1. The normalized spacial score (nSPS) is 11.2. The molecule has 0 saturated carbocycles. The third-order valence-electron chi connectivity index (χ3n) is 3.05. The zero-order valence-electron chi connectivity index (χ0n) is 13.2. The van der Waals surface area contributed by atoms with Gasteiger partial charge in [-0.05, 0) is 42.8 Å². The van der Waals surface area contributed by atoms with Gasteiger partial charge in [-0.15, -0.1) is 11.8 Å². The number of halogens is 4. The first kappa shape index (κ1) is 19.5. The Hall–Kier alpha value is -1.86. The molecule has 0 spiro atoms. The molecule has 2 aromatic carbocycles. The number of benzene rings is 2. The van der Waals surface area contributed by atoms with E-state index in [1.165, 1.54) is 6.07 Å². The molecule has 1 N–H and O–H groups in total. The van der Waals surface area contributed by atoms with Gasteiger partial charge in [-0.1, -0.05) is 23.7 Å². The number of hydrogen-bond acceptors (Lipinski definition) is 3. The van der Waals surface area contributed by atoms with Crippen molar-refractivity contribution in [1.82, 2.24) is 0 Å². The summed E-state index contributed by atoms with van der Waals surface area (Å²) < 4.78 is 42.5. The van der Waals surface area contributed by atoms with Crippen LogP contribution in [0.4, 0.5) is 18.9 Å². The lowest BCUT2D eigenvalue weighted by Crippen LogP contribution is -2.21. The van der Waals surface area contributed by atoms with E-state index in [0.29, 0.717) is 33.1 Å². The third-order valence-corrected chi connectivity index (χ3v) is 4.42. The summed E-state index contributed by atoms with van der Waals surface area (Å²) >= 11 is 6.47. The van der Waals surface area contributed by atoms with Crippen molar-refractivity contribution in [2.75, 3.05) is 17.7 Å². The fraction of sp³-hybridized carbons (Fsp3) is 0.235. The molecule has 25 heavy (non-hydrogen) atoms. The van der Waals surface area contributed by atoms with Crippen LogP contribution < -0.4 is 10.1 Å². The van der Waals surface area contributed by atoms with Crippen molar-refractivity contribution in [2.45, 2.75) is 18.0 Å². The van der Waals surface area contributed by atoms with Gasteiger partial charge >= 0.3 is 6.18 Å². The fourth-order valence-corrected chi connectivity index (χ4v) is 2.95. The lowest BCUT2D eigenvalue weighted by molar-refractivity contribution is -0.118. The van der Waals surface area contributed by atoms with Gasteiger partial charge in [-0.25, -0.2) is 0 Å². The standard InChI is InChI=1S/C17H15ClF3NO2S/c1-11-8-12(18)6-7-14(11)24-9-16(23)22-13-4-2-3-5-15(13)25-10-17(19,20)21/h2-8H,9-10H2,1H3,(H,22,23). The molecule has 0 bridgehead atoms. The highest BCUT2D eigenvalue weighted by Gasteiger charge is 2.27. The molecule has 0 unspecified atom stereocenters. The van der Waals surface area contributed by atoms with Gasteiger partial charge in [0.1, 0.15) is 5.75 Å². The van der Waals surface area contributed by atoms with Crippen molar-refractivity contribution in [3.05, 3.63) is 53.1 Å². The van der Waals surface area contributed by atoms with E-state index in [4.69, 9.17) is 16.3 Å². The number of ether oxygens (including phenoxy) is 1. The van der Waals surface area contributed by atoms with Crippen LogP contribution in [0.2, 0.25) is 5.02 Å². The topological polar surface area (TPSA) is 38.3 Å². The van der Waals surface area contributed by atoms with Crippen LogP contribution >= 0.6 is 23.4 Å². The van der Waals surface area contributed by atoms with Crippen molar-refractivity contribution in [3.63, 3.8) is 0 Å². The Morgan fingerprint density at radius 2 is 1.96 bits per heavy atom. The molecule has 8 heteroatoms. The molecule has 0 heterocycles. The molecule has 0 aliphatic heterocycles. The number of carbonyl (C=O) groups is 1. The molecule has 3 nitrogen and oxygen atoms in total. The van der Waals surface area contributed by atoms with Crippen molar-refractivity contribution >= 4 is 35.0 Å². The summed E-state index contributed by atoms with van der Waals surface area (Å²) in [7, 11) is 0. The van der Waals surface area contributed by atoms with Crippen LogP contribution in [0.5, 0.6) is 5.75 Å². The van der Waals surface area contributed by atoms with Crippen LogP contribution in [-0.4, -0.2) is 24.4 Å². The van der Waals surface area contributed by atoms with E-state index >= 15 is 0 Å². The van der Waals surface area contributed by atoms with Crippen molar-refractivity contribution in [2.24, 2.45) is 0 Å². The van der Waals surface area contributed by atoms with E-state index in [1.54, 1.807) is 43.3 Å². The maximum atomic E-state index is 12.4. The number of para-hydroxylation sites is 1. The second kappa shape index (κ2) is 8.49. The van der Waals surface area contributed by atoms with E-state index in [9.17, 15) is 18.0 Å². The van der Waals surface area contributed by atoms with E-state index in [2.05, 4.69) is 5.32 Å². The van der Waals surface area contributed by atoms with Gasteiger partial charge in [0.2, 0.25) is 0 Å². The number of alkyl halides is 3. The second-order valence-electron chi connectivity index (χ2n) is 5.15. The molecular weight excluding hydrogens is 375 g/mol. The first-order valence-corrected chi connectivity index (χ1v) is 8.58. The van der Waals surface area contributed by atoms with E-state index in [1.807, 2.05) is 0 Å². The van der Waals surface area contributed by atoms with Crippen molar-refractivity contribution in [3.8, 4) is 5.75 Å². The Balaban J connectivity index is 1.96. The van der Waals surface area contributed by atoms with Crippen molar-refractivity contribution in [1.29, 1.82) is 0 Å². The number of carbonyl (C=O) groups excluding carboxylic acids is 1. The molecule has 0 aliphatic rings. The summed E-state index contributed by atoms with van der Waals surface area (Å²) in [6.45, 7) is 1.53. The van der Waals surface area contributed by atoms with Crippen molar-refractivity contribution < 1.29 is 22.7 Å². The van der Waals surface area contributed by atoms with Crippen LogP contribution in [0.15, 0.2) is 47.4 Å². The zero-order chi connectivity index (χ0) is 18.4. The molecular formula is C17H15ClF3NO2S. The first-order chi connectivity index (χ1) is 11.7. The van der Waals surface area contributed by atoms with Crippen LogP contribution in [-0.2, 0) is 4.79 Å². The monoisotopic (exact) mass is 389 g/mol.